The lowest BCUT2D eigenvalue weighted by atomic mass is 10.1. The van der Waals surface area contributed by atoms with Crippen molar-refractivity contribution in [3.05, 3.63) is 108 Å². The molecule has 0 amide bonds. The van der Waals surface area contributed by atoms with Gasteiger partial charge < -0.3 is 4.74 Å². The van der Waals surface area contributed by atoms with Gasteiger partial charge in [0.05, 0.1) is 10.0 Å². The van der Waals surface area contributed by atoms with Gasteiger partial charge in [0.2, 0.25) is 6.54 Å². The fraction of sp³-hybridized carbons (Fsp3) is 0.167. The van der Waals surface area contributed by atoms with Crippen molar-refractivity contribution < 1.29 is 9.66 Å². The van der Waals surface area contributed by atoms with Crippen LogP contribution in [0, 0.1) is 17.0 Å². The number of aromatic nitrogens is 3. The van der Waals surface area contributed by atoms with Crippen LogP contribution in [0.15, 0.2) is 76.4 Å². The average molecular weight is 594 g/mol. The van der Waals surface area contributed by atoms with Crippen LogP contribution < -0.4 is 4.74 Å². The Balaban J connectivity index is 1.67. The molecule has 0 N–H and O–H groups in total. The summed E-state index contributed by atoms with van der Waals surface area (Å²) in [5.74, 6) is 1.21. The van der Waals surface area contributed by atoms with Crippen LogP contribution in [-0.4, -0.2) is 26.2 Å². The number of para-hydroxylation sites is 1. The smallest absolute Gasteiger partial charge is 0.220 e. The second-order valence-corrected chi connectivity index (χ2v) is 10.4. The molecule has 0 aliphatic rings. The van der Waals surface area contributed by atoms with E-state index in [0.717, 1.165) is 15.7 Å². The lowest BCUT2D eigenvalue weighted by Crippen LogP contribution is -2.12. The van der Waals surface area contributed by atoms with E-state index in [1.807, 2.05) is 60.0 Å². The first kappa shape index (κ1) is 25.5. The normalized spacial score (nSPS) is 11.9. The van der Waals surface area contributed by atoms with Crippen LogP contribution in [0.4, 0.5) is 0 Å². The van der Waals surface area contributed by atoms with Crippen LogP contribution in [0.3, 0.4) is 0 Å². The molecule has 1 aromatic heterocycles. The summed E-state index contributed by atoms with van der Waals surface area (Å²) in [4.78, 5) is 11.3. The van der Waals surface area contributed by atoms with E-state index in [1.165, 1.54) is 11.8 Å². The second-order valence-electron chi connectivity index (χ2n) is 7.54. The Morgan fingerprint density at radius 3 is 2.57 bits per heavy atom. The Kier molecular flexibility index (Phi) is 8.33. The molecule has 0 aliphatic heterocycles. The minimum absolute atomic E-state index is 0.223. The van der Waals surface area contributed by atoms with Crippen LogP contribution in [0.1, 0.15) is 22.2 Å². The summed E-state index contributed by atoms with van der Waals surface area (Å²) in [7, 11) is 0. The molecule has 180 valence electrons. The van der Waals surface area contributed by atoms with E-state index in [9.17, 15) is 10.1 Å². The van der Waals surface area contributed by atoms with E-state index in [4.69, 9.17) is 27.9 Å². The van der Waals surface area contributed by atoms with E-state index in [-0.39, 0.29) is 18.1 Å². The molecule has 0 unspecified atom stereocenters. The summed E-state index contributed by atoms with van der Waals surface area (Å²) in [5.41, 5.74) is 2.37. The Labute approximate surface area is 224 Å². The molecule has 7 nitrogen and oxygen atoms in total. The van der Waals surface area contributed by atoms with E-state index in [0.29, 0.717) is 32.3 Å². The van der Waals surface area contributed by atoms with Crippen molar-refractivity contribution in [2.45, 2.75) is 23.9 Å². The summed E-state index contributed by atoms with van der Waals surface area (Å²) in [6.45, 7) is 1.74. The molecule has 11 heteroatoms. The average Bonchev–Trinajstić information content (AvgIpc) is 3.20. The molecule has 1 atom stereocenters. The van der Waals surface area contributed by atoms with Crippen molar-refractivity contribution >= 4 is 50.9 Å². The van der Waals surface area contributed by atoms with Gasteiger partial charge in [0.15, 0.2) is 5.16 Å². The molecular weight excluding hydrogens is 575 g/mol. The monoisotopic (exact) mass is 592 g/mol. The molecule has 0 aliphatic carbocycles. The number of nitro groups is 1. The zero-order valence-electron chi connectivity index (χ0n) is 18.4. The predicted octanol–water partition coefficient (Wildman–Crippen LogP) is 7.33. The van der Waals surface area contributed by atoms with E-state index in [2.05, 4.69) is 26.1 Å². The molecule has 0 bridgehead atoms. The zero-order valence-corrected chi connectivity index (χ0v) is 22.3. The Hall–Kier alpha value is -2.59. The maximum atomic E-state index is 11.6. The van der Waals surface area contributed by atoms with Crippen molar-refractivity contribution in [2.75, 3.05) is 6.54 Å². The summed E-state index contributed by atoms with van der Waals surface area (Å²) in [5, 5.41) is 21.0. The molecule has 3 aromatic carbocycles. The van der Waals surface area contributed by atoms with Gasteiger partial charge in [-0.25, -0.2) is 0 Å². The minimum Gasteiger partial charge on any atom is -0.489 e. The maximum Gasteiger partial charge on any atom is 0.220 e. The van der Waals surface area contributed by atoms with Crippen molar-refractivity contribution in [2.24, 2.45) is 0 Å². The Morgan fingerprint density at radius 1 is 1.09 bits per heavy atom. The molecule has 0 fully saturated rings. The van der Waals surface area contributed by atoms with E-state index in [1.54, 1.807) is 18.2 Å². The van der Waals surface area contributed by atoms with Crippen LogP contribution in [0.5, 0.6) is 5.75 Å². The largest absolute Gasteiger partial charge is 0.489 e. The number of benzene rings is 3. The van der Waals surface area contributed by atoms with Gasteiger partial charge in [-0.3, -0.25) is 14.7 Å². The highest BCUT2D eigenvalue weighted by Crippen LogP contribution is 2.41. The Bertz CT molecular complexity index is 1350. The van der Waals surface area contributed by atoms with Crippen molar-refractivity contribution in [3.8, 4) is 11.4 Å². The van der Waals surface area contributed by atoms with Gasteiger partial charge in [0, 0.05) is 20.6 Å². The fourth-order valence-electron chi connectivity index (χ4n) is 3.45. The van der Waals surface area contributed by atoms with Crippen LogP contribution in [0.2, 0.25) is 10.0 Å². The highest BCUT2D eigenvalue weighted by Gasteiger charge is 2.27. The standard InChI is InChI=1S/C24H19BrCl2N4O3S/c1-15-28-29-24(31(15)18-5-3-2-4-6-18)35-23(13-30(32)33)19-12-17(25)8-10-22(19)34-14-16-7-9-20(26)21(27)11-16/h2-12,23H,13-14H2,1H3/t23-/m0/s1. The SMILES string of the molecule is Cc1nnc(S[C@@H](C[N+](=O)[O-])c2cc(Br)ccc2OCc2ccc(Cl)c(Cl)c2)n1-c1ccccc1. The molecule has 4 aromatic rings. The van der Waals surface area contributed by atoms with Gasteiger partial charge >= 0.3 is 0 Å². The highest BCUT2D eigenvalue weighted by molar-refractivity contribution is 9.10. The number of aryl methyl sites for hydroxylation is 1. The third kappa shape index (κ3) is 6.35. The van der Waals surface area contributed by atoms with Gasteiger partial charge in [-0.05, 0) is 55.0 Å². The number of nitrogens with zero attached hydrogens (tertiary/aromatic N) is 4. The third-order valence-corrected chi connectivity index (χ3v) is 7.46. The number of rotatable bonds is 9. The first-order valence-corrected chi connectivity index (χ1v) is 12.9. The summed E-state index contributed by atoms with van der Waals surface area (Å²) in [6.07, 6.45) is 0. The van der Waals surface area contributed by atoms with Crippen LogP contribution in [-0.2, 0) is 6.61 Å². The van der Waals surface area contributed by atoms with Crippen molar-refractivity contribution in [1.82, 2.24) is 14.8 Å². The number of ether oxygens (including phenoxy) is 1. The Morgan fingerprint density at radius 2 is 1.86 bits per heavy atom. The quantitative estimate of drug-likeness (QED) is 0.115. The molecule has 4 rings (SSSR count). The topological polar surface area (TPSA) is 83.1 Å². The van der Waals surface area contributed by atoms with Gasteiger partial charge in [-0.1, -0.05) is 75.2 Å². The van der Waals surface area contributed by atoms with Crippen molar-refractivity contribution in [3.63, 3.8) is 0 Å². The predicted molar refractivity (Wildman–Crippen MR) is 141 cm³/mol. The number of thioether (sulfide) groups is 1. The van der Waals surface area contributed by atoms with Crippen LogP contribution >= 0.6 is 50.9 Å². The summed E-state index contributed by atoms with van der Waals surface area (Å²) < 4.78 is 8.75. The van der Waals surface area contributed by atoms with E-state index < -0.39 is 5.25 Å². The first-order valence-electron chi connectivity index (χ1n) is 10.4. The minimum atomic E-state index is -0.586. The molecular formula is C24H19BrCl2N4O3S. The lowest BCUT2D eigenvalue weighted by Gasteiger charge is -2.18. The van der Waals surface area contributed by atoms with E-state index >= 15 is 0 Å². The third-order valence-electron chi connectivity index (χ3n) is 5.07. The number of hydrogen-bond acceptors (Lipinski definition) is 6. The molecule has 0 radical (unpaired) electrons. The second kappa shape index (κ2) is 11.4. The fourth-order valence-corrected chi connectivity index (χ4v) is 5.34. The van der Waals surface area contributed by atoms with Gasteiger partial charge in [0.1, 0.15) is 23.4 Å². The van der Waals surface area contributed by atoms with Gasteiger partial charge in [-0.2, -0.15) is 0 Å². The molecule has 0 saturated carbocycles. The van der Waals surface area contributed by atoms with Crippen molar-refractivity contribution in [1.29, 1.82) is 0 Å². The van der Waals surface area contributed by atoms with Gasteiger partial charge in [0.25, 0.3) is 0 Å². The molecule has 0 spiro atoms. The molecule has 0 saturated heterocycles. The lowest BCUT2D eigenvalue weighted by molar-refractivity contribution is -0.479. The first-order chi connectivity index (χ1) is 16.8. The zero-order chi connectivity index (χ0) is 24.9. The van der Waals surface area contributed by atoms with Crippen LogP contribution in [0.25, 0.3) is 5.69 Å². The number of halogens is 3. The summed E-state index contributed by atoms with van der Waals surface area (Å²) >= 11 is 16.9. The molecule has 35 heavy (non-hydrogen) atoms. The summed E-state index contributed by atoms with van der Waals surface area (Å²) in [6, 6.07) is 20.3. The molecule has 1 heterocycles. The van der Waals surface area contributed by atoms with Gasteiger partial charge in [-0.15, -0.1) is 10.2 Å². The number of hydrogen-bond donors (Lipinski definition) is 0. The highest BCUT2D eigenvalue weighted by atomic mass is 79.9. The maximum absolute atomic E-state index is 11.6.